The number of aromatic nitrogens is 3. The van der Waals surface area contributed by atoms with Gasteiger partial charge in [-0.05, 0) is 33.6 Å². The van der Waals surface area contributed by atoms with Crippen LogP contribution in [-0.2, 0) is 18.4 Å². The van der Waals surface area contributed by atoms with Crippen LogP contribution in [-0.4, -0.2) is 46.3 Å². The summed E-state index contributed by atoms with van der Waals surface area (Å²) in [4.78, 5) is 16.6. The Labute approximate surface area is 149 Å². The van der Waals surface area contributed by atoms with E-state index in [1.807, 2.05) is 32.4 Å². The molecular weight excluding hydrogens is 318 g/mol. The van der Waals surface area contributed by atoms with Crippen molar-refractivity contribution in [2.45, 2.75) is 59.0 Å². The number of aliphatic imine (C=N–C) groups is 1. The molecule has 8 heteroatoms. The number of nitrogens with zero attached hydrogens (tertiary/aromatic N) is 4. The van der Waals surface area contributed by atoms with Crippen molar-refractivity contribution >= 4 is 11.9 Å². The molecule has 25 heavy (non-hydrogen) atoms. The fourth-order valence-corrected chi connectivity index (χ4v) is 2.88. The van der Waals surface area contributed by atoms with Gasteiger partial charge in [-0.15, -0.1) is 10.2 Å². The molecule has 1 aromatic rings. The third-order valence-electron chi connectivity index (χ3n) is 4.80. The summed E-state index contributed by atoms with van der Waals surface area (Å²) >= 11 is 0. The summed E-state index contributed by atoms with van der Waals surface area (Å²) in [5.41, 5.74) is -0.520. The largest absolute Gasteiger partial charge is 0.359 e. The molecule has 1 fully saturated rings. The summed E-state index contributed by atoms with van der Waals surface area (Å²) in [6, 6.07) is 0.440. The maximum absolute atomic E-state index is 12.0. The van der Waals surface area contributed by atoms with E-state index in [1.165, 1.54) is 12.8 Å². The first-order chi connectivity index (χ1) is 11.8. The number of hydrogen-bond donors (Lipinski definition) is 3. The zero-order valence-electron chi connectivity index (χ0n) is 16.0. The molecule has 0 aromatic carbocycles. The SMILES string of the molecule is CNC(=O)C(C)(C)CNC(=NCc1nnc(C)n1C)NC1CCCC1. The maximum atomic E-state index is 12.0. The second-order valence-corrected chi connectivity index (χ2v) is 7.33. The van der Waals surface area contributed by atoms with Crippen LogP contribution in [0.5, 0.6) is 0 Å². The molecule has 1 aromatic heterocycles. The average Bonchev–Trinajstić information content (AvgIpc) is 3.21. The van der Waals surface area contributed by atoms with Crippen LogP contribution in [0.2, 0.25) is 0 Å². The second kappa shape index (κ2) is 8.31. The third kappa shape index (κ3) is 5.17. The van der Waals surface area contributed by atoms with Gasteiger partial charge in [0.2, 0.25) is 5.91 Å². The van der Waals surface area contributed by atoms with E-state index in [0.29, 0.717) is 19.1 Å². The van der Waals surface area contributed by atoms with E-state index in [0.717, 1.165) is 30.5 Å². The fraction of sp³-hybridized carbons (Fsp3) is 0.765. The molecule has 1 aliphatic rings. The molecular formula is C17H31N7O. The zero-order chi connectivity index (χ0) is 18.4. The predicted octanol–water partition coefficient (Wildman–Crippen LogP) is 0.874. The minimum Gasteiger partial charge on any atom is -0.359 e. The van der Waals surface area contributed by atoms with E-state index in [2.05, 4.69) is 31.1 Å². The van der Waals surface area contributed by atoms with Crippen LogP contribution in [0.15, 0.2) is 4.99 Å². The number of guanidine groups is 1. The number of amides is 1. The van der Waals surface area contributed by atoms with Gasteiger partial charge in [-0.25, -0.2) is 4.99 Å². The van der Waals surface area contributed by atoms with Crippen LogP contribution >= 0.6 is 0 Å². The summed E-state index contributed by atoms with van der Waals surface area (Å²) in [7, 11) is 3.60. The van der Waals surface area contributed by atoms with Crippen molar-refractivity contribution in [3.8, 4) is 0 Å². The van der Waals surface area contributed by atoms with Crippen LogP contribution < -0.4 is 16.0 Å². The average molecular weight is 349 g/mol. The molecule has 1 heterocycles. The van der Waals surface area contributed by atoms with Crippen molar-refractivity contribution in [3.63, 3.8) is 0 Å². The molecule has 0 aliphatic heterocycles. The molecule has 1 saturated carbocycles. The van der Waals surface area contributed by atoms with Crippen molar-refractivity contribution < 1.29 is 4.79 Å². The number of nitrogens with one attached hydrogen (secondary N) is 3. The number of hydrogen-bond acceptors (Lipinski definition) is 4. The Morgan fingerprint density at radius 2 is 2.00 bits per heavy atom. The second-order valence-electron chi connectivity index (χ2n) is 7.33. The van der Waals surface area contributed by atoms with E-state index in [-0.39, 0.29) is 5.91 Å². The highest BCUT2D eigenvalue weighted by atomic mass is 16.2. The minimum absolute atomic E-state index is 0.00384. The first-order valence-electron chi connectivity index (χ1n) is 8.95. The van der Waals surface area contributed by atoms with Gasteiger partial charge in [-0.2, -0.15) is 0 Å². The lowest BCUT2D eigenvalue weighted by molar-refractivity contribution is -0.128. The minimum atomic E-state index is -0.520. The molecule has 2 rings (SSSR count). The van der Waals surface area contributed by atoms with E-state index < -0.39 is 5.41 Å². The monoisotopic (exact) mass is 349 g/mol. The third-order valence-corrected chi connectivity index (χ3v) is 4.80. The van der Waals surface area contributed by atoms with Gasteiger partial charge in [-0.1, -0.05) is 12.8 Å². The number of rotatable bonds is 6. The van der Waals surface area contributed by atoms with Gasteiger partial charge in [0, 0.05) is 26.7 Å². The Hall–Kier alpha value is -2.12. The Bertz CT molecular complexity index is 615. The van der Waals surface area contributed by atoms with E-state index >= 15 is 0 Å². The number of carbonyl (C=O) groups excluding carboxylic acids is 1. The highest BCUT2D eigenvalue weighted by molar-refractivity contribution is 5.84. The molecule has 0 atom stereocenters. The lowest BCUT2D eigenvalue weighted by Crippen LogP contribution is -2.49. The van der Waals surface area contributed by atoms with Gasteiger partial charge in [0.1, 0.15) is 12.4 Å². The summed E-state index contributed by atoms with van der Waals surface area (Å²) < 4.78 is 1.94. The first-order valence-corrected chi connectivity index (χ1v) is 8.95. The van der Waals surface area contributed by atoms with Gasteiger partial charge in [-0.3, -0.25) is 4.79 Å². The van der Waals surface area contributed by atoms with Gasteiger partial charge in [0.15, 0.2) is 11.8 Å². The zero-order valence-corrected chi connectivity index (χ0v) is 16.0. The highest BCUT2D eigenvalue weighted by Crippen LogP contribution is 2.18. The molecule has 0 radical (unpaired) electrons. The number of carbonyl (C=O) groups is 1. The topological polar surface area (TPSA) is 96.2 Å². The molecule has 140 valence electrons. The van der Waals surface area contributed by atoms with Gasteiger partial charge >= 0.3 is 0 Å². The van der Waals surface area contributed by atoms with E-state index in [9.17, 15) is 4.79 Å². The Kier molecular flexibility index (Phi) is 6.39. The quantitative estimate of drug-likeness (QED) is 0.523. The van der Waals surface area contributed by atoms with E-state index in [4.69, 9.17) is 0 Å². The van der Waals surface area contributed by atoms with Crippen molar-refractivity contribution in [2.24, 2.45) is 17.5 Å². The summed E-state index contributed by atoms with van der Waals surface area (Å²) in [6.45, 7) is 6.70. The molecule has 0 spiro atoms. The maximum Gasteiger partial charge on any atom is 0.227 e. The Morgan fingerprint density at radius 1 is 1.32 bits per heavy atom. The van der Waals surface area contributed by atoms with Crippen LogP contribution in [0, 0.1) is 12.3 Å². The molecule has 0 saturated heterocycles. The van der Waals surface area contributed by atoms with Crippen LogP contribution in [0.4, 0.5) is 0 Å². The number of aryl methyl sites for hydroxylation is 1. The van der Waals surface area contributed by atoms with Crippen molar-refractivity contribution in [1.82, 2.24) is 30.7 Å². The van der Waals surface area contributed by atoms with Gasteiger partial charge in [0.05, 0.1) is 5.41 Å². The molecule has 1 aliphatic carbocycles. The lowest BCUT2D eigenvalue weighted by Gasteiger charge is -2.25. The summed E-state index contributed by atoms with van der Waals surface area (Å²) in [5.74, 6) is 2.41. The van der Waals surface area contributed by atoms with Crippen molar-refractivity contribution in [1.29, 1.82) is 0 Å². The Morgan fingerprint density at radius 3 is 2.56 bits per heavy atom. The summed E-state index contributed by atoms with van der Waals surface area (Å²) in [6.07, 6.45) is 4.81. The van der Waals surface area contributed by atoms with Crippen LogP contribution in [0.1, 0.15) is 51.2 Å². The first kappa shape index (κ1) is 19.2. The van der Waals surface area contributed by atoms with Gasteiger partial charge in [0.25, 0.3) is 0 Å². The lowest BCUT2D eigenvalue weighted by atomic mass is 9.92. The highest BCUT2D eigenvalue weighted by Gasteiger charge is 2.27. The fourth-order valence-electron chi connectivity index (χ4n) is 2.88. The van der Waals surface area contributed by atoms with Crippen LogP contribution in [0.25, 0.3) is 0 Å². The van der Waals surface area contributed by atoms with Crippen molar-refractivity contribution in [2.75, 3.05) is 13.6 Å². The standard InChI is InChI=1S/C17H31N7O/c1-12-22-23-14(24(12)5)10-19-16(21-13-8-6-7-9-13)20-11-17(2,3)15(25)18-4/h13H,6-11H2,1-5H3,(H,18,25)(H2,19,20,21). The van der Waals surface area contributed by atoms with Gasteiger partial charge < -0.3 is 20.5 Å². The normalized spacial score (nSPS) is 16.1. The van der Waals surface area contributed by atoms with Crippen LogP contribution in [0.3, 0.4) is 0 Å². The molecule has 1 amide bonds. The molecule has 0 unspecified atom stereocenters. The van der Waals surface area contributed by atoms with E-state index in [1.54, 1.807) is 7.05 Å². The molecule has 0 bridgehead atoms. The van der Waals surface area contributed by atoms with Crippen molar-refractivity contribution in [3.05, 3.63) is 11.6 Å². The molecule has 8 nitrogen and oxygen atoms in total. The smallest absolute Gasteiger partial charge is 0.227 e. The Balaban J connectivity index is 2.05. The summed E-state index contributed by atoms with van der Waals surface area (Å²) in [5, 5.41) is 17.7. The molecule has 3 N–H and O–H groups in total. The predicted molar refractivity (Wildman–Crippen MR) is 98.1 cm³/mol.